The van der Waals surface area contributed by atoms with E-state index in [1.54, 1.807) is 0 Å². The van der Waals surface area contributed by atoms with Gasteiger partial charge in [-0.25, -0.2) is 4.98 Å². The molecule has 2 saturated heterocycles. The molecule has 5 heteroatoms. The van der Waals surface area contributed by atoms with Gasteiger partial charge in [-0.05, 0) is 43.7 Å². The molecule has 3 N–H and O–H groups in total. The molecular formula is C17H22N4O. The van der Waals surface area contributed by atoms with E-state index in [0.29, 0.717) is 31.0 Å². The van der Waals surface area contributed by atoms with Gasteiger partial charge in [-0.1, -0.05) is 12.1 Å². The van der Waals surface area contributed by atoms with Crippen LogP contribution in [0.25, 0.3) is 11.0 Å². The Morgan fingerprint density at radius 2 is 2.00 bits per heavy atom. The summed E-state index contributed by atoms with van der Waals surface area (Å²) in [4.78, 5) is 19.9. The molecule has 1 amide bonds. The lowest BCUT2D eigenvalue weighted by Crippen LogP contribution is -2.39. The minimum absolute atomic E-state index is 0.145. The third-order valence-corrected chi connectivity index (χ3v) is 4.94. The van der Waals surface area contributed by atoms with Crippen LogP contribution in [0.1, 0.15) is 37.9 Å². The molecule has 0 spiro atoms. The highest BCUT2D eigenvalue weighted by Crippen LogP contribution is 2.32. The molecule has 3 heterocycles. The summed E-state index contributed by atoms with van der Waals surface area (Å²) in [6, 6.07) is 9.21. The average Bonchev–Trinajstić information content (AvgIpc) is 3.08. The van der Waals surface area contributed by atoms with E-state index in [2.05, 4.69) is 20.6 Å². The van der Waals surface area contributed by atoms with Crippen molar-refractivity contribution in [1.29, 1.82) is 0 Å². The van der Waals surface area contributed by atoms with Gasteiger partial charge in [0, 0.05) is 18.5 Å². The number of benzene rings is 1. The fraction of sp³-hybridized carbons (Fsp3) is 0.529. The molecule has 2 unspecified atom stereocenters. The number of piperidine rings is 1. The number of nitrogens with one attached hydrogen (secondary N) is 3. The van der Waals surface area contributed by atoms with Crippen LogP contribution in [0.4, 0.5) is 0 Å². The molecule has 2 aromatic rings. The second kappa shape index (κ2) is 5.72. The van der Waals surface area contributed by atoms with Crippen LogP contribution in [0, 0.1) is 5.92 Å². The third-order valence-electron chi connectivity index (χ3n) is 4.94. The molecule has 2 bridgehead atoms. The molecule has 0 radical (unpaired) electrons. The van der Waals surface area contributed by atoms with Crippen LogP contribution in [0.15, 0.2) is 24.3 Å². The molecule has 1 aromatic heterocycles. The molecule has 22 heavy (non-hydrogen) atoms. The first kappa shape index (κ1) is 13.8. The van der Waals surface area contributed by atoms with E-state index in [4.69, 9.17) is 0 Å². The van der Waals surface area contributed by atoms with E-state index in [9.17, 15) is 4.79 Å². The summed E-state index contributed by atoms with van der Waals surface area (Å²) in [5.41, 5.74) is 1.96. The van der Waals surface area contributed by atoms with Crippen LogP contribution < -0.4 is 10.6 Å². The Labute approximate surface area is 129 Å². The Morgan fingerprint density at radius 3 is 2.77 bits per heavy atom. The highest BCUT2D eigenvalue weighted by molar-refractivity contribution is 5.77. The standard InChI is InChI=1S/C17H22N4O/c22-17(9-11-7-12-5-6-13(8-11)19-12)18-10-16-20-14-3-1-2-4-15(14)21-16/h1-4,11-13,19H,5-10H2,(H,18,22)(H,20,21). The zero-order valence-electron chi connectivity index (χ0n) is 12.6. The van der Waals surface area contributed by atoms with Gasteiger partial charge in [-0.3, -0.25) is 4.79 Å². The zero-order valence-corrected chi connectivity index (χ0v) is 12.6. The fourth-order valence-corrected chi connectivity index (χ4v) is 3.95. The summed E-state index contributed by atoms with van der Waals surface area (Å²) in [6.07, 6.45) is 5.50. The van der Waals surface area contributed by atoms with E-state index < -0.39 is 0 Å². The van der Waals surface area contributed by atoms with E-state index in [1.807, 2.05) is 24.3 Å². The lowest BCUT2D eigenvalue weighted by Gasteiger charge is -2.28. The molecule has 2 aliphatic rings. The number of rotatable bonds is 4. The van der Waals surface area contributed by atoms with Crippen molar-refractivity contribution in [3.8, 4) is 0 Å². The van der Waals surface area contributed by atoms with Crippen molar-refractivity contribution in [2.24, 2.45) is 5.92 Å². The maximum atomic E-state index is 12.2. The maximum absolute atomic E-state index is 12.2. The van der Waals surface area contributed by atoms with Crippen molar-refractivity contribution < 1.29 is 4.79 Å². The number of aromatic nitrogens is 2. The predicted molar refractivity (Wildman–Crippen MR) is 85.2 cm³/mol. The fourth-order valence-electron chi connectivity index (χ4n) is 3.95. The van der Waals surface area contributed by atoms with Gasteiger partial charge in [0.25, 0.3) is 0 Å². The molecular weight excluding hydrogens is 276 g/mol. The first-order chi connectivity index (χ1) is 10.8. The van der Waals surface area contributed by atoms with Crippen LogP contribution in [-0.2, 0) is 11.3 Å². The number of aromatic amines is 1. The Bertz CT molecular complexity index is 635. The minimum atomic E-state index is 0.145. The monoisotopic (exact) mass is 298 g/mol. The van der Waals surface area contributed by atoms with Gasteiger partial charge < -0.3 is 15.6 Å². The van der Waals surface area contributed by atoms with Gasteiger partial charge in [0.05, 0.1) is 17.6 Å². The number of carbonyl (C=O) groups excluding carboxylic acids is 1. The Hall–Kier alpha value is -1.88. The molecule has 5 nitrogen and oxygen atoms in total. The third kappa shape index (κ3) is 2.86. The number of H-pyrrole nitrogens is 1. The van der Waals surface area contributed by atoms with Gasteiger partial charge >= 0.3 is 0 Å². The maximum Gasteiger partial charge on any atom is 0.220 e. The van der Waals surface area contributed by atoms with Crippen molar-refractivity contribution in [3.05, 3.63) is 30.1 Å². The number of fused-ring (bicyclic) bond motifs is 3. The summed E-state index contributed by atoms with van der Waals surface area (Å²) in [5, 5.41) is 6.62. The second-order valence-corrected chi connectivity index (χ2v) is 6.66. The minimum Gasteiger partial charge on any atom is -0.349 e. The molecule has 0 aliphatic carbocycles. The SMILES string of the molecule is O=C(CC1CC2CCC(C1)N2)NCc1nc2ccccc2[nH]1. The highest BCUT2D eigenvalue weighted by Gasteiger charge is 2.34. The number of para-hydroxylation sites is 2. The van der Waals surface area contributed by atoms with Crippen molar-refractivity contribution >= 4 is 16.9 Å². The number of hydrogen-bond donors (Lipinski definition) is 3. The van der Waals surface area contributed by atoms with Gasteiger partial charge in [0.1, 0.15) is 5.82 Å². The van der Waals surface area contributed by atoms with Gasteiger partial charge in [-0.15, -0.1) is 0 Å². The number of carbonyl (C=O) groups is 1. The average molecular weight is 298 g/mol. The Morgan fingerprint density at radius 1 is 1.23 bits per heavy atom. The van der Waals surface area contributed by atoms with Crippen LogP contribution in [0.5, 0.6) is 0 Å². The van der Waals surface area contributed by atoms with Crippen molar-refractivity contribution in [2.45, 2.75) is 50.7 Å². The summed E-state index contributed by atoms with van der Waals surface area (Å²) < 4.78 is 0. The molecule has 2 atom stereocenters. The first-order valence-corrected chi connectivity index (χ1v) is 8.22. The van der Waals surface area contributed by atoms with E-state index in [-0.39, 0.29) is 5.91 Å². The number of nitrogens with zero attached hydrogens (tertiary/aromatic N) is 1. The Kier molecular flexibility index (Phi) is 3.58. The number of imidazole rings is 1. The lowest BCUT2D eigenvalue weighted by atomic mass is 9.89. The van der Waals surface area contributed by atoms with Crippen LogP contribution in [0.3, 0.4) is 0 Å². The second-order valence-electron chi connectivity index (χ2n) is 6.66. The highest BCUT2D eigenvalue weighted by atomic mass is 16.1. The van der Waals surface area contributed by atoms with E-state index in [1.165, 1.54) is 12.8 Å². The van der Waals surface area contributed by atoms with Gasteiger partial charge in [-0.2, -0.15) is 0 Å². The summed E-state index contributed by atoms with van der Waals surface area (Å²) >= 11 is 0. The quantitative estimate of drug-likeness (QED) is 0.809. The Balaban J connectivity index is 1.30. The van der Waals surface area contributed by atoms with Crippen LogP contribution >= 0.6 is 0 Å². The topological polar surface area (TPSA) is 69.8 Å². The summed E-state index contributed by atoms with van der Waals surface area (Å²) in [5.74, 6) is 1.50. The first-order valence-electron chi connectivity index (χ1n) is 8.22. The summed E-state index contributed by atoms with van der Waals surface area (Å²) in [6.45, 7) is 0.478. The normalized spacial score (nSPS) is 27.2. The lowest BCUT2D eigenvalue weighted by molar-refractivity contribution is -0.122. The molecule has 4 rings (SSSR count). The van der Waals surface area contributed by atoms with E-state index in [0.717, 1.165) is 29.7 Å². The predicted octanol–water partition coefficient (Wildman–Crippen LogP) is 2.10. The molecule has 2 fully saturated rings. The number of hydrogen-bond acceptors (Lipinski definition) is 3. The van der Waals surface area contributed by atoms with Crippen molar-refractivity contribution in [2.75, 3.05) is 0 Å². The van der Waals surface area contributed by atoms with Gasteiger partial charge in [0.15, 0.2) is 0 Å². The van der Waals surface area contributed by atoms with Crippen LogP contribution in [0.2, 0.25) is 0 Å². The zero-order chi connectivity index (χ0) is 14.9. The molecule has 116 valence electrons. The molecule has 1 aromatic carbocycles. The van der Waals surface area contributed by atoms with Crippen molar-refractivity contribution in [1.82, 2.24) is 20.6 Å². The van der Waals surface area contributed by atoms with Crippen LogP contribution in [-0.4, -0.2) is 28.0 Å². The summed E-state index contributed by atoms with van der Waals surface area (Å²) in [7, 11) is 0. The number of amides is 1. The molecule has 2 aliphatic heterocycles. The molecule has 0 saturated carbocycles. The van der Waals surface area contributed by atoms with Crippen molar-refractivity contribution in [3.63, 3.8) is 0 Å². The van der Waals surface area contributed by atoms with Gasteiger partial charge in [0.2, 0.25) is 5.91 Å². The van der Waals surface area contributed by atoms with E-state index >= 15 is 0 Å². The largest absolute Gasteiger partial charge is 0.349 e. The smallest absolute Gasteiger partial charge is 0.220 e.